The van der Waals surface area contributed by atoms with Gasteiger partial charge in [-0.3, -0.25) is 14.4 Å². The second-order valence-electron chi connectivity index (χ2n) is 14.3. The van der Waals surface area contributed by atoms with E-state index in [0.717, 1.165) is 29.7 Å². The Labute approximate surface area is 315 Å². The summed E-state index contributed by atoms with van der Waals surface area (Å²) in [5.74, 6) is -1.47. The van der Waals surface area contributed by atoms with Gasteiger partial charge in [0.15, 0.2) is 0 Å². The molecule has 4 amide bonds. The summed E-state index contributed by atoms with van der Waals surface area (Å²) in [6, 6.07) is 10.8. The number of amides is 4. The minimum atomic E-state index is -1.49. The fourth-order valence-electron chi connectivity index (χ4n) is 7.03. The van der Waals surface area contributed by atoms with Crippen LogP contribution in [0.25, 0.3) is 10.9 Å². The molecule has 3 aromatic rings. The van der Waals surface area contributed by atoms with Gasteiger partial charge in [-0.05, 0) is 66.7 Å². The molecule has 1 aromatic heterocycles. The lowest BCUT2D eigenvalue weighted by atomic mass is 9.78. The number of aromatic amines is 1. The number of alkyl carbamates (subject to hydrolysis) is 1. The number of hydrogen-bond acceptors (Lipinski definition) is 6. The largest absolute Gasteiger partial charge is 0.445 e. The van der Waals surface area contributed by atoms with Gasteiger partial charge >= 0.3 is 6.09 Å². The molecular weight excluding hydrogens is 705 g/mol. The molecule has 2 aliphatic rings. The van der Waals surface area contributed by atoms with Crippen LogP contribution in [0.5, 0.6) is 0 Å². The maximum Gasteiger partial charge on any atom is 0.408 e. The van der Waals surface area contributed by atoms with E-state index in [0.29, 0.717) is 65.9 Å². The van der Waals surface area contributed by atoms with Gasteiger partial charge in [0, 0.05) is 37.3 Å². The highest BCUT2D eigenvalue weighted by molar-refractivity contribution is 6.40. The monoisotopic (exact) mass is 755 g/mol. The molecular formula is C39H51Cl2N5O6. The molecule has 1 saturated heterocycles. The Morgan fingerprint density at radius 3 is 2.25 bits per heavy atom. The Kier molecular flexibility index (Phi) is 13.5. The predicted molar refractivity (Wildman–Crippen MR) is 202 cm³/mol. The molecule has 2 heterocycles. The number of rotatable bonds is 14. The number of carbonyl (C=O) groups excluding carboxylic acids is 4. The van der Waals surface area contributed by atoms with Crippen LogP contribution in [0.3, 0.4) is 0 Å². The van der Waals surface area contributed by atoms with E-state index in [1.54, 1.807) is 12.1 Å². The Hall–Kier alpha value is -3.80. The van der Waals surface area contributed by atoms with Crippen molar-refractivity contribution in [2.45, 2.75) is 96.9 Å². The number of fused-ring (bicyclic) bond motifs is 3. The average Bonchev–Trinajstić information content (AvgIpc) is 3.55. The molecule has 0 radical (unpaired) electrons. The summed E-state index contributed by atoms with van der Waals surface area (Å²) in [4.78, 5) is 59.2. The van der Waals surface area contributed by atoms with Crippen molar-refractivity contribution in [1.82, 2.24) is 26.3 Å². The fraction of sp³-hybridized carbons (Fsp3) is 0.538. The number of halogens is 2. The van der Waals surface area contributed by atoms with E-state index in [1.807, 2.05) is 58.0 Å². The van der Waals surface area contributed by atoms with E-state index in [4.69, 9.17) is 32.7 Å². The smallest absolute Gasteiger partial charge is 0.408 e. The second-order valence-corrected chi connectivity index (χ2v) is 15.1. The van der Waals surface area contributed by atoms with Crippen molar-refractivity contribution in [3.63, 3.8) is 0 Å². The van der Waals surface area contributed by atoms with Crippen LogP contribution in [0, 0.1) is 17.8 Å². The van der Waals surface area contributed by atoms with Crippen molar-refractivity contribution < 1.29 is 28.7 Å². The van der Waals surface area contributed by atoms with E-state index >= 15 is 0 Å². The van der Waals surface area contributed by atoms with Crippen LogP contribution in [0.1, 0.15) is 76.6 Å². The van der Waals surface area contributed by atoms with Crippen molar-refractivity contribution in [1.29, 1.82) is 0 Å². The van der Waals surface area contributed by atoms with Crippen LogP contribution >= 0.6 is 23.2 Å². The van der Waals surface area contributed by atoms with E-state index in [-0.39, 0.29) is 37.2 Å². The number of H-pyrrole nitrogens is 1. The van der Waals surface area contributed by atoms with Crippen molar-refractivity contribution in [3.05, 3.63) is 69.3 Å². The standard InChI is InChI=1S/C39H51Cl2N5O6/c1-5-23(3)32(35(47)42-21-25-15-18-51-19-16-25)44-37(49)39(17-14-30-27(20-39)31-28(40)12-13-29(41)34(31)43-30)46-36(48)33(24(4)6-2)45-38(50)52-22-26-10-8-7-9-11-26/h7-13,23-25,32-33,43H,5-6,14-22H2,1-4H3,(H,42,47)(H,44,49)(H,45,50)(H,46,48)/t23-,24-,32?,33?,39+/m0/s1. The van der Waals surface area contributed by atoms with Gasteiger partial charge in [0.2, 0.25) is 17.7 Å². The molecule has 5 atom stereocenters. The van der Waals surface area contributed by atoms with E-state index in [9.17, 15) is 19.2 Å². The highest BCUT2D eigenvalue weighted by Crippen LogP contribution is 2.40. The molecule has 1 aliphatic carbocycles. The lowest BCUT2D eigenvalue weighted by Crippen LogP contribution is -2.67. The number of aromatic nitrogens is 1. The second kappa shape index (κ2) is 17.8. The zero-order valence-corrected chi connectivity index (χ0v) is 31.9. The summed E-state index contributed by atoms with van der Waals surface area (Å²) in [5.41, 5.74) is 1.62. The van der Waals surface area contributed by atoms with Crippen molar-refractivity contribution in [2.75, 3.05) is 19.8 Å². The zero-order valence-electron chi connectivity index (χ0n) is 30.4. The quantitative estimate of drug-likeness (QED) is 0.132. The van der Waals surface area contributed by atoms with Gasteiger partial charge in [-0.25, -0.2) is 4.79 Å². The minimum Gasteiger partial charge on any atom is -0.445 e. The molecule has 5 rings (SSSR count). The third-order valence-corrected chi connectivity index (χ3v) is 11.4. The lowest BCUT2D eigenvalue weighted by Gasteiger charge is -2.39. The van der Waals surface area contributed by atoms with Gasteiger partial charge in [-0.2, -0.15) is 0 Å². The van der Waals surface area contributed by atoms with Gasteiger partial charge in [-0.15, -0.1) is 0 Å². The topological polar surface area (TPSA) is 151 Å². The Balaban J connectivity index is 1.43. The molecule has 11 nitrogen and oxygen atoms in total. The number of hydrogen-bond donors (Lipinski definition) is 5. The summed E-state index contributed by atoms with van der Waals surface area (Å²) in [5, 5.41) is 13.6. The summed E-state index contributed by atoms with van der Waals surface area (Å²) in [7, 11) is 0. The van der Waals surface area contributed by atoms with Crippen LogP contribution in [-0.4, -0.2) is 66.2 Å². The van der Waals surface area contributed by atoms with E-state index in [1.165, 1.54) is 0 Å². The molecule has 1 aliphatic heterocycles. The first kappa shape index (κ1) is 39.4. The first-order valence-corrected chi connectivity index (χ1v) is 19.1. The third-order valence-electron chi connectivity index (χ3n) is 10.8. The normalized spacial score (nSPS) is 19.8. The van der Waals surface area contributed by atoms with E-state index < -0.39 is 35.5 Å². The Morgan fingerprint density at radius 2 is 1.58 bits per heavy atom. The van der Waals surface area contributed by atoms with Crippen LogP contribution in [-0.2, 0) is 43.3 Å². The number of carbonyl (C=O) groups is 4. The number of aryl methyl sites for hydroxylation is 1. The molecule has 5 N–H and O–H groups in total. The number of benzene rings is 2. The first-order chi connectivity index (χ1) is 25.0. The Morgan fingerprint density at radius 1 is 0.923 bits per heavy atom. The van der Waals surface area contributed by atoms with Gasteiger partial charge in [0.05, 0.1) is 15.6 Å². The van der Waals surface area contributed by atoms with Gasteiger partial charge < -0.3 is 35.7 Å². The van der Waals surface area contributed by atoms with Gasteiger partial charge in [-0.1, -0.05) is 94.1 Å². The first-order valence-electron chi connectivity index (χ1n) is 18.4. The van der Waals surface area contributed by atoms with Gasteiger partial charge in [0.1, 0.15) is 24.2 Å². The summed E-state index contributed by atoms with van der Waals surface area (Å²) < 4.78 is 10.9. The molecule has 2 aromatic carbocycles. The molecule has 13 heteroatoms. The molecule has 0 saturated carbocycles. The van der Waals surface area contributed by atoms with Crippen molar-refractivity contribution in [2.24, 2.45) is 17.8 Å². The number of nitrogens with one attached hydrogen (secondary N) is 5. The van der Waals surface area contributed by atoms with E-state index in [2.05, 4.69) is 26.3 Å². The summed E-state index contributed by atoms with van der Waals surface area (Å²) in [6.07, 6.45) is 2.90. The summed E-state index contributed by atoms with van der Waals surface area (Å²) >= 11 is 13.3. The highest BCUT2D eigenvalue weighted by atomic mass is 35.5. The SMILES string of the molecule is CC[C@H](C)C(NC(=O)OCc1ccccc1)C(=O)N[C@]1(C(=O)NC(C(=O)NCC2CCOCC2)[C@@H](C)CC)CCc2[nH]c3c(Cl)ccc(Cl)c3c2C1. The molecule has 52 heavy (non-hydrogen) atoms. The molecule has 2 unspecified atom stereocenters. The van der Waals surface area contributed by atoms with Gasteiger partial charge in [0.25, 0.3) is 0 Å². The average molecular weight is 757 g/mol. The number of ether oxygens (including phenoxy) is 2. The van der Waals surface area contributed by atoms with Crippen molar-refractivity contribution >= 4 is 57.9 Å². The zero-order chi connectivity index (χ0) is 37.4. The maximum atomic E-state index is 14.8. The van der Waals surface area contributed by atoms with Crippen molar-refractivity contribution in [3.8, 4) is 0 Å². The van der Waals surface area contributed by atoms with Crippen LogP contribution < -0.4 is 21.3 Å². The summed E-state index contributed by atoms with van der Waals surface area (Å²) in [6.45, 7) is 9.53. The predicted octanol–water partition coefficient (Wildman–Crippen LogP) is 6.23. The van der Waals surface area contributed by atoms with Crippen LogP contribution in [0.4, 0.5) is 4.79 Å². The third kappa shape index (κ3) is 9.22. The van der Waals surface area contributed by atoms with Crippen LogP contribution in [0.15, 0.2) is 42.5 Å². The highest BCUT2D eigenvalue weighted by Gasteiger charge is 2.47. The lowest BCUT2D eigenvalue weighted by molar-refractivity contribution is -0.138. The molecule has 282 valence electrons. The Bertz CT molecular complexity index is 1730. The minimum absolute atomic E-state index is 0.0358. The maximum absolute atomic E-state index is 14.8. The fourth-order valence-corrected chi connectivity index (χ4v) is 7.51. The molecule has 0 spiro atoms. The molecule has 1 fully saturated rings. The van der Waals surface area contributed by atoms with Crippen LogP contribution in [0.2, 0.25) is 10.0 Å². The molecule has 0 bridgehead atoms.